The van der Waals surface area contributed by atoms with Gasteiger partial charge in [-0.05, 0) is 23.1 Å². The molecule has 0 aromatic carbocycles. The monoisotopic (exact) mass is 318 g/mol. The van der Waals surface area contributed by atoms with Gasteiger partial charge in [0, 0.05) is 6.42 Å². The summed E-state index contributed by atoms with van der Waals surface area (Å²) in [6.45, 7) is 0. The topological polar surface area (TPSA) is 119 Å². The number of carbonyl (C=O) groups is 1. The summed E-state index contributed by atoms with van der Waals surface area (Å²) in [6, 6.07) is 0. The zero-order valence-corrected chi connectivity index (χ0v) is 11.6. The van der Waals surface area contributed by atoms with Gasteiger partial charge < -0.3 is 5.11 Å². The quantitative estimate of drug-likeness (QED) is 0.635. The molecule has 2 rings (SSSR count). The molecule has 11 heteroatoms. The Balaban J connectivity index is 1.98. The molecule has 2 heterocycles. The van der Waals surface area contributed by atoms with E-state index < -0.39 is 10.9 Å². The van der Waals surface area contributed by atoms with Crippen LogP contribution in [0.5, 0.6) is 0 Å². The molecule has 0 bridgehead atoms. The molecule has 0 amide bonds. The Morgan fingerprint density at radius 3 is 2.84 bits per heavy atom. The van der Waals surface area contributed by atoms with Gasteiger partial charge in [-0.1, -0.05) is 11.3 Å². The maximum absolute atomic E-state index is 10.5. The molecule has 0 saturated heterocycles. The molecule has 0 aliphatic heterocycles. The minimum Gasteiger partial charge on any atom is -0.481 e. The molecule has 2 aromatic rings. The SMILES string of the molecule is O=C(O)CCc1nnc(Sc2ncc([N+](=O)[O-])s2)s1. The van der Waals surface area contributed by atoms with Gasteiger partial charge in [0.05, 0.1) is 11.3 Å². The first-order valence-electron chi connectivity index (χ1n) is 4.87. The molecule has 0 spiro atoms. The summed E-state index contributed by atoms with van der Waals surface area (Å²) < 4.78 is 1.09. The van der Waals surface area contributed by atoms with E-state index in [-0.39, 0.29) is 11.4 Å². The largest absolute Gasteiger partial charge is 0.481 e. The number of carboxylic acids is 1. The average molecular weight is 318 g/mol. The Morgan fingerprint density at radius 2 is 2.21 bits per heavy atom. The van der Waals surface area contributed by atoms with E-state index in [2.05, 4.69) is 15.2 Å². The van der Waals surface area contributed by atoms with Gasteiger partial charge in [-0.15, -0.1) is 10.2 Å². The van der Waals surface area contributed by atoms with Crippen molar-refractivity contribution < 1.29 is 14.8 Å². The molecule has 0 fully saturated rings. The Morgan fingerprint density at radius 1 is 1.42 bits per heavy atom. The fourth-order valence-electron chi connectivity index (χ4n) is 1.05. The first kappa shape index (κ1) is 13.8. The Kier molecular flexibility index (Phi) is 4.39. The molecule has 8 nitrogen and oxygen atoms in total. The summed E-state index contributed by atoms with van der Waals surface area (Å²) in [6.07, 6.45) is 1.52. The van der Waals surface area contributed by atoms with E-state index in [0.29, 0.717) is 20.1 Å². The fourth-order valence-corrected chi connectivity index (χ4v) is 3.93. The van der Waals surface area contributed by atoms with Crippen molar-refractivity contribution in [1.29, 1.82) is 0 Å². The minimum absolute atomic E-state index is 0.00201. The number of hydrogen-bond donors (Lipinski definition) is 1. The molecule has 100 valence electrons. The van der Waals surface area contributed by atoms with E-state index in [9.17, 15) is 14.9 Å². The first-order chi connectivity index (χ1) is 9.04. The van der Waals surface area contributed by atoms with Gasteiger partial charge >= 0.3 is 11.0 Å². The highest BCUT2D eigenvalue weighted by Gasteiger charge is 2.14. The van der Waals surface area contributed by atoms with Crippen molar-refractivity contribution in [2.45, 2.75) is 21.5 Å². The van der Waals surface area contributed by atoms with Crippen LogP contribution < -0.4 is 0 Å². The average Bonchev–Trinajstić information content (AvgIpc) is 2.96. The van der Waals surface area contributed by atoms with Crippen LogP contribution >= 0.6 is 34.4 Å². The van der Waals surface area contributed by atoms with Crippen LogP contribution in [0.3, 0.4) is 0 Å². The maximum Gasteiger partial charge on any atom is 0.344 e. The van der Waals surface area contributed by atoms with E-state index in [1.54, 1.807) is 0 Å². The number of aliphatic carboxylic acids is 1. The molecular weight excluding hydrogens is 312 g/mol. The number of carboxylic acid groups (broad SMARTS) is 1. The van der Waals surface area contributed by atoms with E-state index in [0.717, 1.165) is 11.3 Å². The van der Waals surface area contributed by atoms with Crippen LogP contribution in [0.1, 0.15) is 11.4 Å². The molecular formula is C8H6N4O4S3. The third-order valence-electron chi connectivity index (χ3n) is 1.83. The second-order valence-corrected chi connectivity index (χ2v) is 6.74. The third-order valence-corrected chi connectivity index (χ3v) is 4.89. The number of thiazole rings is 1. The van der Waals surface area contributed by atoms with Crippen molar-refractivity contribution in [3.8, 4) is 0 Å². The summed E-state index contributed by atoms with van der Waals surface area (Å²) in [5.74, 6) is -0.889. The molecule has 19 heavy (non-hydrogen) atoms. The molecule has 0 aliphatic carbocycles. The molecule has 0 radical (unpaired) electrons. The number of hydrogen-bond acceptors (Lipinski definition) is 9. The molecule has 0 saturated carbocycles. The lowest BCUT2D eigenvalue weighted by atomic mass is 10.3. The van der Waals surface area contributed by atoms with Crippen LogP contribution in [0.2, 0.25) is 0 Å². The Bertz CT molecular complexity index is 611. The van der Waals surface area contributed by atoms with E-state index >= 15 is 0 Å². The number of nitrogens with zero attached hydrogens (tertiary/aromatic N) is 4. The Hall–Kier alpha value is -1.59. The zero-order valence-electron chi connectivity index (χ0n) is 9.18. The van der Waals surface area contributed by atoms with E-state index in [4.69, 9.17) is 5.11 Å². The van der Waals surface area contributed by atoms with Crippen LogP contribution in [0.15, 0.2) is 14.9 Å². The smallest absolute Gasteiger partial charge is 0.344 e. The lowest BCUT2D eigenvalue weighted by Crippen LogP contribution is -1.96. The highest BCUT2D eigenvalue weighted by molar-refractivity contribution is 8.02. The second kappa shape index (κ2) is 6.04. The van der Waals surface area contributed by atoms with Crippen molar-refractivity contribution in [3.05, 3.63) is 21.3 Å². The number of aromatic nitrogens is 3. The van der Waals surface area contributed by atoms with E-state index in [1.165, 1.54) is 29.3 Å². The van der Waals surface area contributed by atoms with Crippen molar-refractivity contribution >= 4 is 45.4 Å². The fraction of sp³-hybridized carbons (Fsp3) is 0.250. The third kappa shape index (κ3) is 3.94. The van der Waals surface area contributed by atoms with Gasteiger partial charge in [-0.25, -0.2) is 4.98 Å². The van der Waals surface area contributed by atoms with Gasteiger partial charge in [0.25, 0.3) is 0 Å². The summed E-state index contributed by atoms with van der Waals surface area (Å²) in [5.41, 5.74) is 0. The van der Waals surface area contributed by atoms with Crippen LogP contribution in [-0.4, -0.2) is 31.2 Å². The zero-order chi connectivity index (χ0) is 13.8. The van der Waals surface area contributed by atoms with Crippen molar-refractivity contribution in [2.75, 3.05) is 0 Å². The lowest BCUT2D eigenvalue weighted by molar-refractivity contribution is -0.380. The van der Waals surface area contributed by atoms with E-state index in [1.807, 2.05) is 0 Å². The van der Waals surface area contributed by atoms with Crippen molar-refractivity contribution in [3.63, 3.8) is 0 Å². The van der Waals surface area contributed by atoms with Crippen LogP contribution in [0.4, 0.5) is 5.00 Å². The molecule has 2 aromatic heterocycles. The van der Waals surface area contributed by atoms with Gasteiger partial charge in [0.1, 0.15) is 11.2 Å². The number of rotatable bonds is 6. The Labute approximate surface area is 118 Å². The number of nitro groups is 1. The summed E-state index contributed by atoms with van der Waals surface area (Å²) in [7, 11) is 0. The van der Waals surface area contributed by atoms with Crippen molar-refractivity contribution in [1.82, 2.24) is 15.2 Å². The molecule has 0 unspecified atom stereocenters. The highest BCUT2D eigenvalue weighted by Crippen LogP contribution is 2.35. The van der Waals surface area contributed by atoms with Gasteiger partial charge in [-0.2, -0.15) is 0 Å². The normalized spacial score (nSPS) is 10.5. The summed E-state index contributed by atoms with van der Waals surface area (Å²) >= 11 is 3.40. The predicted octanol–water partition coefficient (Wildman–Crippen LogP) is 2.07. The molecule has 0 atom stereocenters. The van der Waals surface area contributed by atoms with Crippen LogP contribution in [0.25, 0.3) is 0 Å². The minimum atomic E-state index is -0.889. The highest BCUT2D eigenvalue weighted by atomic mass is 32.2. The predicted molar refractivity (Wildman–Crippen MR) is 68.8 cm³/mol. The van der Waals surface area contributed by atoms with Gasteiger partial charge in [0.2, 0.25) is 0 Å². The van der Waals surface area contributed by atoms with Crippen molar-refractivity contribution in [2.24, 2.45) is 0 Å². The molecule has 1 N–H and O–H groups in total. The van der Waals surface area contributed by atoms with Gasteiger partial charge in [-0.3, -0.25) is 14.9 Å². The standard InChI is InChI=1S/C8H6N4O4S3/c13-6(14)2-1-4-10-11-8(17-4)19-7-9-3-5(18-7)12(15)16/h3H,1-2H2,(H,13,14). The molecule has 0 aliphatic rings. The summed E-state index contributed by atoms with van der Waals surface area (Å²) in [4.78, 5) is 24.3. The lowest BCUT2D eigenvalue weighted by Gasteiger charge is -1.88. The first-order valence-corrected chi connectivity index (χ1v) is 7.32. The van der Waals surface area contributed by atoms with Gasteiger partial charge in [0.15, 0.2) is 8.68 Å². The second-order valence-electron chi connectivity index (χ2n) is 3.18. The van der Waals surface area contributed by atoms with Crippen LogP contribution in [-0.2, 0) is 11.2 Å². The maximum atomic E-state index is 10.5. The summed E-state index contributed by atoms with van der Waals surface area (Å²) in [5, 5.41) is 27.4. The number of aryl methyl sites for hydroxylation is 1. The van der Waals surface area contributed by atoms with Crippen LogP contribution in [0, 0.1) is 10.1 Å².